The van der Waals surface area contributed by atoms with Crippen LogP contribution in [0.3, 0.4) is 0 Å². The average Bonchev–Trinajstić information content (AvgIpc) is 2.44. The predicted molar refractivity (Wildman–Crippen MR) is 71.4 cm³/mol. The smallest absolute Gasteiger partial charge is 0.207 e. The van der Waals surface area contributed by atoms with E-state index in [2.05, 4.69) is 20.7 Å². The van der Waals surface area contributed by atoms with E-state index in [1.54, 1.807) is 13.0 Å². The molecule has 3 nitrogen and oxygen atoms in total. The van der Waals surface area contributed by atoms with Crippen molar-refractivity contribution < 1.29 is 8.42 Å². The van der Waals surface area contributed by atoms with E-state index in [1.807, 2.05) is 19.9 Å². The van der Waals surface area contributed by atoms with E-state index in [-0.39, 0.29) is 0 Å². The van der Waals surface area contributed by atoms with Crippen LogP contribution in [0.1, 0.15) is 18.7 Å². The maximum atomic E-state index is 11.9. The fourth-order valence-corrected chi connectivity index (χ4v) is 4.51. The number of allylic oxidation sites excluding steroid dienone is 1. The van der Waals surface area contributed by atoms with Gasteiger partial charge in [0.05, 0.1) is 8.68 Å². The quantitative estimate of drug-likeness (QED) is 0.865. The van der Waals surface area contributed by atoms with Gasteiger partial charge in [-0.3, -0.25) is 0 Å². The van der Waals surface area contributed by atoms with Crippen molar-refractivity contribution in [2.24, 2.45) is 0 Å². The normalized spacial score (nSPS) is 11.5. The third kappa shape index (κ3) is 3.69. The van der Waals surface area contributed by atoms with Crippen molar-refractivity contribution in [2.45, 2.75) is 25.7 Å². The first-order chi connectivity index (χ1) is 7.33. The predicted octanol–water partition coefficient (Wildman–Crippen LogP) is 3.06. The monoisotopic (exact) mass is 323 g/mol. The van der Waals surface area contributed by atoms with E-state index in [1.165, 1.54) is 11.3 Å². The van der Waals surface area contributed by atoms with Crippen LogP contribution in [0.25, 0.3) is 0 Å². The molecule has 1 heterocycles. The summed E-state index contributed by atoms with van der Waals surface area (Å²) in [5.41, 5.74) is 1.09. The van der Waals surface area contributed by atoms with Gasteiger partial charge in [0.15, 0.2) is 0 Å². The second kappa shape index (κ2) is 5.44. The Morgan fingerprint density at radius 1 is 1.56 bits per heavy atom. The second-order valence-electron chi connectivity index (χ2n) is 3.60. The lowest BCUT2D eigenvalue weighted by Gasteiger charge is -2.03. The molecule has 0 radical (unpaired) electrons. The molecule has 1 N–H and O–H groups in total. The zero-order valence-corrected chi connectivity index (χ0v) is 12.6. The lowest BCUT2D eigenvalue weighted by molar-refractivity contribution is 0.585. The number of halogens is 1. The number of sulfonamides is 1. The maximum Gasteiger partial charge on any atom is 0.241 e. The number of hydrogen-bond acceptors (Lipinski definition) is 3. The number of aryl methyl sites for hydroxylation is 1. The van der Waals surface area contributed by atoms with Gasteiger partial charge in [-0.25, -0.2) is 13.1 Å². The number of hydrogen-bond donors (Lipinski definition) is 1. The lowest BCUT2D eigenvalue weighted by atomic mass is 10.3. The summed E-state index contributed by atoms with van der Waals surface area (Å²) in [4.78, 5) is 1.14. The van der Waals surface area contributed by atoms with Crippen LogP contribution in [0.15, 0.2) is 26.4 Å². The molecule has 0 saturated carbocycles. The van der Waals surface area contributed by atoms with E-state index in [0.717, 1.165) is 14.2 Å². The summed E-state index contributed by atoms with van der Waals surface area (Å²) in [6, 6.07) is 1.63. The highest BCUT2D eigenvalue weighted by molar-refractivity contribution is 9.11. The van der Waals surface area contributed by atoms with E-state index in [9.17, 15) is 8.42 Å². The van der Waals surface area contributed by atoms with E-state index < -0.39 is 10.0 Å². The van der Waals surface area contributed by atoms with Gasteiger partial charge < -0.3 is 0 Å². The van der Waals surface area contributed by atoms with Crippen molar-refractivity contribution >= 4 is 37.3 Å². The molecule has 0 aliphatic carbocycles. The lowest BCUT2D eigenvalue weighted by Crippen LogP contribution is -2.24. The van der Waals surface area contributed by atoms with E-state index in [0.29, 0.717) is 11.4 Å². The Bertz CT molecular complexity index is 499. The van der Waals surface area contributed by atoms with Crippen LogP contribution in [0, 0.1) is 6.92 Å². The highest BCUT2D eigenvalue weighted by atomic mass is 79.9. The van der Waals surface area contributed by atoms with Crippen LogP contribution >= 0.6 is 27.3 Å². The largest absolute Gasteiger partial charge is 0.241 e. The summed E-state index contributed by atoms with van der Waals surface area (Å²) >= 11 is 4.70. The van der Waals surface area contributed by atoms with E-state index >= 15 is 0 Å². The summed E-state index contributed by atoms with van der Waals surface area (Å²) in [5, 5.41) is 0. The topological polar surface area (TPSA) is 46.2 Å². The first kappa shape index (κ1) is 13.9. The van der Waals surface area contributed by atoms with Gasteiger partial charge in [-0.1, -0.05) is 11.6 Å². The third-order valence-corrected chi connectivity index (χ3v) is 5.15. The van der Waals surface area contributed by atoms with Gasteiger partial charge in [-0.15, -0.1) is 11.3 Å². The Morgan fingerprint density at radius 3 is 2.62 bits per heavy atom. The number of nitrogens with one attached hydrogen (secondary N) is 1. The zero-order valence-electron chi connectivity index (χ0n) is 9.37. The highest BCUT2D eigenvalue weighted by Gasteiger charge is 2.18. The van der Waals surface area contributed by atoms with Crippen LogP contribution in [0.4, 0.5) is 0 Å². The van der Waals surface area contributed by atoms with Gasteiger partial charge in [-0.05, 0) is 42.8 Å². The minimum Gasteiger partial charge on any atom is -0.207 e. The van der Waals surface area contributed by atoms with Crippen LogP contribution in [0.5, 0.6) is 0 Å². The van der Waals surface area contributed by atoms with Crippen molar-refractivity contribution in [1.29, 1.82) is 0 Å². The average molecular weight is 324 g/mol. The Hall–Kier alpha value is -0.170. The Morgan fingerprint density at radius 2 is 2.19 bits per heavy atom. The third-order valence-electron chi connectivity index (χ3n) is 1.92. The highest BCUT2D eigenvalue weighted by Crippen LogP contribution is 2.29. The van der Waals surface area contributed by atoms with E-state index in [4.69, 9.17) is 0 Å². The molecule has 0 spiro atoms. The number of thiophene rings is 1. The summed E-state index contributed by atoms with van der Waals surface area (Å²) in [7, 11) is -3.38. The molecule has 0 bridgehead atoms. The molecule has 16 heavy (non-hydrogen) atoms. The van der Waals surface area contributed by atoms with Crippen molar-refractivity contribution in [1.82, 2.24) is 4.72 Å². The van der Waals surface area contributed by atoms with Crippen molar-refractivity contribution in [3.8, 4) is 0 Å². The van der Waals surface area contributed by atoms with Gasteiger partial charge in [0, 0.05) is 11.4 Å². The standard InChI is InChI=1S/C10H14BrNO2S2/c1-7(2)4-5-12-16(13,14)9-6-10(11)15-8(9)3/h4,6,12H,5H2,1-3H3. The Labute approximate surface area is 109 Å². The fraction of sp³-hybridized carbons (Fsp3) is 0.400. The van der Waals surface area contributed by atoms with Gasteiger partial charge in [-0.2, -0.15) is 0 Å². The van der Waals surface area contributed by atoms with Gasteiger partial charge in [0.25, 0.3) is 0 Å². The van der Waals surface area contributed by atoms with Crippen molar-refractivity contribution in [3.63, 3.8) is 0 Å². The molecule has 6 heteroatoms. The molecule has 0 amide bonds. The van der Waals surface area contributed by atoms with Crippen molar-refractivity contribution in [2.75, 3.05) is 6.54 Å². The number of rotatable bonds is 4. The molecular formula is C10H14BrNO2S2. The van der Waals surface area contributed by atoms with Crippen LogP contribution < -0.4 is 4.72 Å². The first-order valence-electron chi connectivity index (χ1n) is 4.72. The van der Waals surface area contributed by atoms with Crippen molar-refractivity contribution in [3.05, 3.63) is 26.4 Å². The molecule has 90 valence electrons. The molecule has 0 saturated heterocycles. The molecule has 0 aliphatic heterocycles. The molecule has 0 atom stereocenters. The second-order valence-corrected chi connectivity index (χ2v) is 7.98. The van der Waals surface area contributed by atoms with Gasteiger partial charge >= 0.3 is 0 Å². The first-order valence-corrected chi connectivity index (χ1v) is 7.81. The molecule has 1 aromatic heterocycles. The Balaban J connectivity index is 2.87. The van der Waals surface area contributed by atoms with Crippen LogP contribution in [-0.2, 0) is 10.0 Å². The maximum absolute atomic E-state index is 11.9. The molecule has 1 rings (SSSR count). The van der Waals surface area contributed by atoms with Gasteiger partial charge in [0.2, 0.25) is 10.0 Å². The summed E-state index contributed by atoms with van der Waals surface area (Å²) in [5.74, 6) is 0. The molecular weight excluding hydrogens is 310 g/mol. The summed E-state index contributed by atoms with van der Waals surface area (Å²) in [6.45, 7) is 5.99. The summed E-state index contributed by atoms with van der Waals surface area (Å²) in [6.07, 6.45) is 1.84. The SMILES string of the molecule is CC(C)=CCNS(=O)(=O)c1cc(Br)sc1C. The molecule has 0 unspecified atom stereocenters. The minimum atomic E-state index is -3.38. The molecule has 1 aromatic rings. The molecule has 0 fully saturated rings. The summed E-state index contributed by atoms with van der Waals surface area (Å²) < 4.78 is 27.2. The minimum absolute atomic E-state index is 0.331. The van der Waals surface area contributed by atoms with Crippen LogP contribution in [0.2, 0.25) is 0 Å². The Kier molecular flexibility index (Phi) is 4.73. The van der Waals surface area contributed by atoms with Crippen LogP contribution in [-0.4, -0.2) is 15.0 Å². The fourth-order valence-electron chi connectivity index (χ4n) is 1.13. The zero-order chi connectivity index (χ0) is 12.3. The molecule has 0 aromatic carbocycles. The van der Waals surface area contributed by atoms with Gasteiger partial charge in [0.1, 0.15) is 0 Å². The molecule has 0 aliphatic rings.